The summed E-state index contributed by atoms with van der Waals surface area (Å²) in [5.41, 5.74) is 3.07. The zero-order valence-corrected chi connectivity index (χ0v) is 18.2. The van der Waals surface area contributed by atoms with Gasteiger partial charge in [0.25, 0.3) is 0 Å². The van der Waals surface area contributed by atoms with E-state index >= 15 is 0 Å². The number of aromatic nitrogens is 2. The Morgan fingerprint density at radius 1 is 1.00 bits per heavy atom. The lowest BCUT2D eigenvalue weighted by molar-refractivity contribution is 0.0475. The van der Waals surface area contributed by atoms with E-state index in [0.29, 0.717) is 17.8 Å². The van der Waals surface area contributed by atoms with E-state index in [0.717, 1.165) is 53.3 Å². The van der Waals surface area contributed by atoms with Crippen LogP contribution in [0.25, 0.3) is 10.8 Å². The molecule has 1 heterocycles. The number of benzene rings is 3. The van der Waals surface area contributed by atoms with Crippen LogP contribution in [0.3, 0.4) is 0 Å². The quantitative estimate of drug-likeness (QED) is 0.258. The molecule has 1 aromatic heterocycles. The molecule has 0 N–H and O–H groups in total. The number of aldehydes is 1. The zero-order valence-electron chi connectivity index (χ0n) is 18.2. The van der Waals surface area contributed by atoms with Crippen LogP contribution in [0.15, 0.2) is 72.9 Å². The van der Waals surface area contributed by atoms with E-state index in [-0.39, 0.29) is 12.6 Å². The molecule has 0 amide bonds. The van der Waals surface area contributed by atoms with Gasteiger partial charge in [-0.2, -0.15) is 0 Å². The van der Waals surface area contributed by atoms with E-state index in [4.69, 9.17) is 4.74 Å². The molecule has 4 rings (SSSR count). The van der Waals surface area contributed by atoms with Crippen molar-refractivity contribution in [3.05, 3.63) is 101 Å². The van der Waals surface area contributed by atoms with E-state index < -0.39 is 0 Å². The second-order valence-electron chi connectivity index (χ2n) is 7.79. The number of rotatable bonds is 9. The zero-order chi connectivity index (χ0) is 22.3. The molecule has 0 aliphatic carbocycles. The van der Waals surface area contributed by atoms with Gasteiger partial charge in [-0.15, -0.1) is 0 Å². The Kier molecular flexibility index (Phi) is 6.75. The second-order valence-corrected chi connectivity index (χ2v) is 7.79. The van der Waals surface area contributed by atoms with E-state index in [1.54, 1.807) is 6.20 Å². The summed E-state index contributed by atoms with van der Waals surface area (Å²) in [6.07, 6.45) is 5.38. The van der Waals surface area contributed by atoms with E-state index in [9.17, 15) is 9.59 Å². The largest absolute Gasteiger partial charge is 0.457 e. The maximum Gasteiger partial charge on any atom is 0.339 e. The number of nitrogens with zero attached hydrogens (tertiary/aromatic N) is 2. The van der Waals surface area contributed by atoms with Crippen LogP contribution in [-0.2, 0) is 24.3 Å². The number of imidazole rings is 1. The van der Waals surface area contributed by atoms with Gasteiger partial charge in [0.2, 0.25) is 0 Å². The molecule has 0 aliphatic heterocycles. The SMILES string of the molecule is CCCCc1ncc(C=O)n1Cc1ccc(C(=O)OCc2ccccc2)c2ccccc12. The lowest BCUT2D eigenvalue weighted by Crippen LogP contribution is -2.10. The Morgan fingerprint density at radius 3 is 2.50 bits per heavy atom. The summed E-state index contributed by atoms with van der Waals surface area (Å²) >= 11 is 0. The predicted molar refractivity (Wildman–Crippen MR) is 125 cm³/mol. The van der Waals surface area contributed by atoms with Crippen LogP contribution >= 0.6 is 0 Å². The fourth-order valence-corrected chi connectivity index (χ4v) is 3.89. The van der Waals surface area contributed by atoms with Gasteiger partial charge in [0.1, 0.15) is 18.1 Å². The van der Waals surface area contributed by atoms with Gasteiger partial charge in [0.05, 0.1) is 18.3 Å². The highest BCUT2D eigenvalue weighted by Gasteiger charge is 2.16. The molecule has 0 saturated heterocycles. The van der Waals surface area contributed by atoms with E-state index in [1.165, 1.54) is 0 Å². The molecule has 4 aromatic rings. The third-order valence-corrected chi connectivity index (χ3v) is 5.62. The molecule has 3 aromatic carbocycles. The maximum atomic E-state index is 12.8. The Hall–Kier alpha value is -3.73. The lowest BCUT2D eigenvalue weighted by atomic mass is 9.99. The van der Waals surface area contributed by atoms with Crippen molar-refractivity contribution < 1.29 is 14.3 Å². The van der Waals surface area contributed by atoms with Crippen molar-refractivity contribution >= 4 is 23.0 Å². The number of fused-ring (bicyclic) bond motifs is 1. The van der Waals surface area contributed by atoms with Crippen molar-refractivity contribution in [2.45, 2.75) is 39.3 Å². The van der Waals surface area contributed by atoms with Gasteiger partial charge in [-0.3, -0.25) is 4.79 Å². The Balaban J connectivity index is 1.64. The first-order chi connectivity index (χ1) is 15.7. The standard InChI is InChI=1S/C27H26N2O3/c1-2-3-13-26-28-16-22(18-30)29(26)17-21-14-15-25(24-12-8-7-11-23(21)24)27(31)32-19-20-9-5-4-6-10-20/h4-12,14-16,18H,2-3,13,17,19H2,1H3. The highest BCUT2D eigenvalue weighted by Crippen LogP contribution is 2.25. The van der Waals surface area contributed by atoms with Crippen LogP contribution in [0.4, 0.5) is 0 Å². The average Bonchev–Trinajstić information content (AvgIpc) is 3.23. The molecule has 0 bridgehead atoms. The number of esters is 1. The molecule has 5 nitrogen and oxygen atoms in total. The maximum absolute atomic E-state index is 12.8. The molecule has 0 radical (unpaired) electrons. The van der Waals surface area contributed by atoms with Gasteiger partial charge < -0.3 is 9.30 Å². The number of unbranched alkanes of at least 4 members (excludes halogenated alkanes) is 1. The smallest absolute Gasteiger partial charge is 0.339 e. The molecule has 0 fully saturated rings. The van der Waals surface area contributed by atoms with Crippen LogP contribution in [0.1, 0.15) is 57.6 Å². The summed E-state index contributed by atoms with van der Waals surface area (Å²) < 4.78 is 7.54. The minimum absolute atomic E-state index is 0.230. The van der Waals surface area contributed by atoms with Gasteiger partial charge in [0.15, 0.2) is 6.29 Å². The molecule has 0 spiro atoms. The summed E-state index contributed by atoms with van der Waals surface area (Å²) in [6, 6.07) is 21.2. The third kappa shape index (κ3) is 4.62. The van der Waals surface area contributed by atoms with Gasteiger partial charge in [0, 0.05) is 6.42 Å². The summed E-state index contributed by atoms with van der Waals surface area (Å²) in [7, 11) is 0. The number of aryl methyl sites for hydroxylation is 1. The van der Waals surface area contributed by atoms with Crippen molar-refractivity contribution in [2.24, 2.45) is 0 Å². The first-order valence-electron chi connectivity index (χ1n) is 10.9. The Morgan fingerprint density at radius 2 is 1.75 bits per heavy atom. The third-order valence-electron chi connectivity index (χ3n) is 5.62. The Labute approximate surface area is 187 Å². The summed E-state index contributed by atoms with van der Waals surface area (Å²) in [5, 5.41) is 1.81. The number of hydrogen-bond acceptors (Lipinski definition) is 4. The molecule has 0 atom stereocenters. The highest BCUT2D eigenvalue weighted by molar-refractivity contribution is 6.05. The topological polar surface area (TPSA) is 61.2 Å². The number of ether oxygens (including phenoxy) is 1. The molecule has 0 unspecified atom stereocenters. The first-order valence-corrected chi connectivity index (χ1v) is 10.9. The van der Waals surface area contributed by atoms with E-state index in [1.807, 2.05) is 71.3 Å². The van der Waals surface area contributed by atoms with Gasteiger partial charge in [-0.25, -0.2) is 9.78 Å². The van der Waals surface area contributed by atoms with Crippen LogP contribution in [0.5, 0.6) is 0 Å². The molecular weight excluding hydrogens is 400 g/mol. The second kappa shape index (κ2) is 10.1. The van der Waals surface area contributed by atoms with Crippen molar-refractivity contribution in [3.63, 3.8) is 0 Å². The average molecular weight is 427 g/mol. The highest BCUT2D eigenvalue weighted by atomic mass is 16.5. The number of hydrogen-bond donors (Lipinski definition) is 0. The van der Waals surface area contributed by atoms with Gasteiger partial charge >= 0.3 is 5.97 Å². The van der Waals surface area contributed by atoms with Crippen LogP contribution in [0, 0.1) is 0 Å². The molecule has 0 saturated carbocycles. The molecule has 0 aliphatic rings. The minimum atomic E-state index is -0.351. The van der Waals surface area contributed by atoms with Crippen molar-refractivity contribution in [1.29, 1.82) is 0 Å². The summed E-state index contributed by atoms with van der Waals surface area (Å²) in [4.78, 5) is 28.9. The monoisotopic (exact) mass is 426 g/mol. The fraction of sp³-hybridized carbons (Fsp3) is 0.222. The molecule has 32 heavy (non-hydrogen) atoms. The van der Waals surface area contributed by atoms with Crippen LogP contribution in [-0.4, -0.2) is 21.8 Å². The summed E-state index contributed by atoms with van der Waals surface area (Å²) in [5.74, 6) is 0.556. The normalized spacial score (nSPS) is 10.9. The molecular formula is C27H26N2O3. The van der Waals surface area contributed by atoms with Crippen LogP contribution in [0.2, 0.25) is 0 Å². The van der Waals surface area contributed by atoms with Gasteiger partial charge in [-0.1, -0.05) is 74.0 Å². The van der Waals surface area contributed by atoms with Crippen molar-refractivity contribution in [2.75, 3.05) is 0 Å². The summed E-state index contributed by atoms with van der Waals surface area (Å²) in [6.45, 7) is 2.89. The van der Waals surface area contributed by atoms with E-state index in [2.05, 4.69) is 11.9 Å². The fourth-order valence-electron chi connectivity index (χ4n) is 3.89. The Bertz CT molecular complexity index is 1230. The predicted octanol–water partition coefficient (Wildman–Crippen LogP) is 5.60. The number of carbonyl (C=O) groups excluding carboxylic acids is 2. The molecule has 5 heteroatoms. The lowest BCUT2D eigenvalue weighted by Gasteiger charge is -2.14. The first kappa shape index (κ1) is 21.5. The number of carbonyl (C=O) groups is 2. The van der Waals surface area contributed by atoms with Crippen molar-refractivity contribution in [3.8, 4) is 0 Å². The molecule has 162 valence electrons. The van der Waals surface area contributed by atoms with Crippen molar-refractivity contribution in [1.82, 2.24) is 9.55 Å². The minimum Gasteiger partial charge on any atom is -0.457 e. The van der Waals surface area contributed by atoms with Gasteiger partial charge in [-0.05, 0) is 34.4 Å². The van der Waals surface area contributed by atoms with Crippen LogP contribution < -0.4 is 0 Å².